The van der Waals surface area contributed by atoms with Gasteiger partial charge in [0, 0.05) is 24.6 Å². The Morgan fingerprint density at radius 2 is 1.96 bits per heavy atom. The second-order valence-electron chi connectivity index (χ2n) is 6.94. The second kappa shape index (κ2) is 8.28. The number of sulfonamides is 1. The molecule has 28 heavy (non-hydrogen) atoms. The minimum absolute atomic E-state index is 0.101. The van der Waals surface area contributed by atoms with Crippen molar-refractivity contribution in [3.63, 3.8) is 0 Å². The van der Waals surface area contributed by atoms with Crippen LogP contribution < -0.4 is 9.62 Å². The van der Waals surface area contributed by atoms with Crippen LogP contribution in [0.2, 0.25) is 0 Å². The molecule has 1 heterocycles. The minimum atomic E-state index is -3.74. The molecule has 1 saturated heterocycles. The highest BCUT2D eigenvalue weighted by Crippen LogP contribution is 2.40. The van der Waals surface area contributed by atoms with Crippen LogP contribution in [0.4, 0.5) is 11.4 Å². The summed E-state index contributed by atoms with van der Waals surface area (Å²) >= 11 is 0. The van der Waals surface area contributed by atoms with Crippen LogP contribution in [0.3, 0.4) is 0 Å². The monoisotopic (exact) mass is 403 g/mol. The van der Waals surface area contributed by atoms with Crippen molar-refractivity contribution in [2.45, 2.75) is 43.0 Å². The van der Waals surface area contributed by atoms with Gasteiger partial charge in [-0.2, -0.15) is 0 Å². The molecule has 0 amide bonds. The van der Waals surface area contributed by atoms with E-state index < -0.39 is 14.9 Å². The van der Waals surface area contributed by atoms with E-state index in [4.69, 9.17) is 0 Å². The number of nitro groups is 1. The lowest BCUT2D eigenvalue weighted by Crippen LogP contribution is -2.35. The van der Waals surface area contributed by atoms with Gasteiger partial charge in [0.15, 0.2) is 0 Å². The van der Waals surface area contributed by atoms with E-state index in [0.29, 0.717) is 12.2 Å². The summed E-state index contributed by atoms with van der Waals surface area (Å²) in [5, 5.41) is 11.7. The average molecular weight is 404 g/mol. The lowest BCUT2D eigenvalue weighted by molar-refractivity contribution is -0.384. The zero-order chi connectivity index (χ0) is 20.3. The normalized spacial score (nSPS) is 18.2. The zero-order valence-electron chi connectivity index (χ0n) is 16.0. The van der Waals surface area contributed by atoms with Gasteiger partial charge >= 0.3 is 0 Å². The Morgan fingerprint density at radius 3 is 2.57 bits per heavy atom. The largest absolute Gasteiger partial charge is 0.362 e. The molecule has 1 N–H and O–H groups in total. The summed E-state index contributed by atoms with van der Waals surface area (Å²) in [6.45, 7) is 2.85. The first-order valence-electron chi connectivity index (χ1n) is 9.42. The molecule has 1 aliphatic heterocycles. The van der Waals surface area contributed by atoms with Crippen LogP contribution in [0, 0.1) is 10.1 Å². The van der Waals surface area contributed by atoms with E-state index in [1.54, 1.807) is 6.07 Å². The summed E-state index contributed by atoms with van der Waals surface area (Å²) in [6, 6.07) is 14.5. The highest BCUT2D eigenvalue weighted by molar-refractivity contribution is 7.89. The molecule has 0 spiro atoms. The molecule has 2 atom stereocenters. The van der Waals surface area contributed by atoms with Gasteiger partial charge in [-0.25, -0.2) is 13.1 Å². The summed E-state index contributed by atoms with van der Waals surface area (Å²) in [7, 11) is -2.46. The maximum atomic E-state index is 12.1. The first kappa shape index (κ1) is 20.3. The molecule has 0 unspecified atom stereocenters. The van der Waals surface area contributed by atoms with Crippen molar-refractivity contribution < 1.29 is 13.3 Å². The molecule has 2 aromatic carbocycles. The van der Waals surface area contributed by atoms with Crippen LogP contribution in [0.5, 0.6) is 0 Å². The lowest BCUT2D eigenvalue weighted by atomic mass is 9.87. The quantitative estimate of drug-likeness (QED) is 0.562. The lowest BCUT2D eigenvalue weighted by Gasteiger charge is -2.33. The highest BCUT2D eigenvalue weighted by Gasteiger charge is 2.35. The van der Waals surface area contributed by atoms with E-state index >= 15 is 0 Å². The predicted molar refractivity (Wildman–Crippen MR) is 109 cm³/mol. The predicted octanol–water partition coefficient (Wildman–Crippen LogP) is 3.67. The van der Waals surface area contributed by atoms with Gasteiger partial charge in [0.2, 0.25) is 10.0 Å². The van der Waals surface area contributed by atoms with Crippen LogP contribution in [0.25, 0.3) is 0 Å². The molecule has 0 bridgehead atoms. The number of benzene rings is 2. The van der Waals surface area contributed by atoms with Crippen LogP contribution in [-0.2, 0) is 10.0 Å². The Balaban J connectivity index is 2.03. The Morgan fingerprint density at radius 1 is 1.25 bits per heavy atom. The van der Waals surface area contributed by atoms with Gasteiger partial charge in [-0.05, 0) is 44.0 Å². The van der Waals surface area contributed by atoms with E-state index in [-0.39, 0.29) is 22.5 Å². The van der Waals surface area contributed by atoms with Crippen LogP contribution >= 0.6 is 0 Å². The molecule has 3 rings (SSSR count). The van der Waals surface area contributed by atoms with Gasteiger partial charge in [-0.3, -0.25) is 10.1 Å². The van der Waals surface area contributed by atoms with Crippen molar-refractivity contribution in [2.75, 3.05) is 18.5 Å². The molecule has 8 heteroatoms. The average Bonchev–Trinajstić information content (AvgIpc) is 3.18. The van der Waals surface area contributed by atoms with Crippen molar-refractivity contribution in [3.8, 4) is 0 Å². The third-order valence-electron chi connectivity index (χ3n) is 5.46. The van der Waals surface area contributed by atoms with Gasteiger partial charge in [0.25, 0.3) is 5.69 Å². The maximum absolute atomic E-state index is 12.1. The van der Waals surface area contributed by atoms with Crippen molar-refractivity contribution in [1.82, 2.24) is 4.72 Å². The molecule has 1 fully saturated rings. The standard InChI is InChI=1S/C20H25N3O4S/c1-3-17(15-8-5-4-6-9-15)18-10-7-13-22(18)19-12-11-16(28(26,27)21-2)14-20(19)23(24)25/h4-6,8-9,11-12,14,17-18,21H,3,7,10,13H2,1-2H3/t17-,18-/m1/s1. The third-order valence-corrected chi connectivity index (χ3v) is 6.88. The topological polar surface area (TPSA) is 92.6 Å². The van der Waals surface area contributed by atoms with E-state index in [2.05, 4.69) is 28.7 Å². The SMILES string of the molecule is CC[C@H](c1ccccc1)[C@H]1CCCN1c1ccc(S(=O)(=O)NC)cc1[N+](=O)[O-]. The summed E-state index contributed by atoms with van der Waals surface area (Å²) in [5.74, 6) is 0.254. The Hall–Kier alpha value is -2.45. The number of nitro benzene ring substituents is 1. The van der Waals surface area contributed by atoms with E-state index in [9.17, 15) is 18.5 Å². The number of rotatable bonds is 7. The van der Waals surface area contributed by atoms with Crippen LogP contribution in [0.15, 0.2) is 53.4 Å². The Labute approximate surface area is 165 Å². The van der Waals surface area contributed by atoms with E-state index in [0.717, 1.165) is 25.3 Å². The fraction of sp³-hybridized carbons (Fsp3) is 0.400. The number of nitrogens with one attached hydrogen (secondary N) is 1. The molecule has 1 aliphatic rings. The molecule has 2 aromatic rings. The smallest absolute Gasteiger partial charge is 0.293 e. The van der Waals surface area contributed by atoms with E-state index in [1.807, 2.05) is 18.2 Å². The van der Waals surface area contributed by atoms with Crippen molar-refractivity contribution in [3.05, 3.63) is 64.2 Å². The molecule has 0 saturated carbocycles. The summed E-state index contributed by atoms with van der Waals surface area (Å²) in [4.78, 5) is 13.2. The number of hydrogen-bond acceptors (Lipinski definition) is 5. The molecular formula is C20H25N3O4S. The molecule has 0 radical (unpaired) electrons. The Bertz CT molecular complexity index is 947. The van der Waals surface area contributed by atoms with Crippen LogP contribution in [0.1, 0.15) is 37.7 Å². The van der Waals surface area contributed by atoms with Gasteiger partial charge in [-0.1, -0.05) is 37.3 Å². The van der Waals surface area contributed by atoms with Crippen molar-refractivity contribution in [1.29, 1.82) is 0 Å². The second-order valence-corrected chi connectivity index (χ2v) is 8.83. The number of hydrogen-bond donors (Lipinski definition) is 1. The number of anilines is 1. The maximum Gasteiger partial charge on any atom is 0.293 e. The number of nitrogens with zero attached hydrogens (tertiary/aromatic N) is 2. The van der Waals surface area contributed by atoms with Gasteiger partial charge in [0.1, 0.15) is 5.69 Å². The Kier molecular flexibility index (Phi) is 6.00. The summed E-state index contributed by atoms with van der Waals surface area (Å²) in [6.07, 6.45) is 2.81. The summed E-state index contributed by atoms with van der Waals surface area (Å²) < 4.78 is 26.3. The zero-order valence-corrected chi connectivity index (χ0v) is 16.9. The molecule has 0 aromatic heterocycles. The first-order valence-corrected chi connectivity index (χ1v) is 10.9. The van der Waals surface area contributed by atoms with E-state index in [1.165, 1.54) is 18.7 Å². The summed E-state index contributed by atoms with van der Waals surface area (Å²) in [5.41, 5.74) is 1.53. The minimum Gasteiger partial charge on any atom is -0.362 e. The van der Waals surface area contributed by atoms with Crippen molar-refractivity contribution in [2.24, 2.45) is 0 Å². The fourth-order valence-corrected chi connectivity index (χ4v) is 4.87. The molecule has 7 nitrogen and oxygen atoms in total. The van der Waals surface area contributed by atoms with Crippen molar-refractivity contribution >= 4 is 21.4 Å². The van der Waals surface area contributed by atoms with Gasteiger partial charge in [0.05, 0.1) is 9.82 Å². The first-order chi connectivity index (χ1) is 13.4. The third kappa shape index (κ3) is 3.88. The molecule has 0 aliphatic carbocycles. The molecule has 150 valence electrons. The van der Waals surface area contributed by atoms with Gasteiger partial charge in [-0.15, -0.1) is 0 Å². The van der Waals surface area contributed by atoms with Gasteiger partial charge < -0.3 is 4.90 Å². The highest BCUT2D eigenvalue weighted by atomic mass is 32.2. The molecular weight excluding hydrogens is 378 g/mol. The van der Waals surface area contributed by atoms with Crippen LogP contribution in [-0.4, -0.2) is 33.0 Å². The fourth-order valence-electron chi connectivity index (χ4n) is 4.12.